The van der Waals surface area contributed by atoms with Crippen LogP contribution in [0.1, 0.15) is 192 Å². The topological polar surface area (TPSA) is 424 Å². The SMILES string of the molecule is CC(C)(C)OC(=O)NC1[C@H]2CNC[C@@H]12.CNc1cc(F)c(F)c2c1[nH]c1nc(Oc3cnc(N)nc3)nc(N3C[C@@H]4C(N)[C@@H]4C3)c12.COc1ccc(CS(=O)(=O)c2nc(S(=O)(=O)Cc3ccc(OC)cc3)c3c(n2)[nH]c2c(N(C)C(=O)OC(C)(C)C)cc(F)c(F)c23)cc1.Nc1ncc(O)cn1.[2H][2H].[2H][2H].[2H][2H].[2H][2H].[2H][2H].[2H][2H].[2H][2H].[2H][2H].[2H][2H].[2H][2H].[2H][2H].[2H][2H].[2H][2H].[2H][2H].[2H][2H].[2H][2H].[2H][2H].[2H][2H].[2H][2H].[2H][2H].[2H][2H].[2H][2H].[2H][2H].[2H][2H].[2H][2H].[2H][2H].[2H][2H].[2H][2H].[2H][2H].[2H][2H].[2H][2H].[2H][2H].[2H][2H].[2H][2H].[2H][2H].[2H][2H].[2H][2H].[2H][2H].[2H][2H].[2H][2H].[2H][2H].[2H][2H].[2H][2H].[2H][2H].[2H][2H].[2H][2H].[2H][2H]. The van der Waals surface area contributed by atoms with Gasteiger partial charge in [0.15, 0.2) is 39.8 Å². The van der Waals surface area contributed by atoms with E-state index in [-0.39, 0.29) is 57.9 Å². The van der Waals surface area contributed by atoms with E-state index < -0.39 is 98.3 Å². The second kappa shape index (κ2) is 28.4. The molecule has 30 nitrogen and oxygen atoms in total. The minimum atomic E-state index is -4.58. The molecule has 0 radical (unpaired) electrons. The molecule has 2 aliphatic heterocycles. The zero-order chi connectivity index (χ0) is 168. The summed E-state index contributed by atoms with van der Waals surface area (Å²) in [6, 6.07) is 14.5. The average Bonchev–Trinajstić information content (AvgIpc) is 1.56. The first-order valence-corrected chi connectivity index (χ1v) is 35.0. The molecule has 4 aromatic carbocycles. The van der Waals surface area contributed by atoms with Crippen LogP contribution in [-0.4, -0.2) is 162 Å². The van der Waals surface area contributed by atoms with E-state index in [1.807, 2.05) is 25.7 Å². The van der Waals surface area contributed by atoms with Gasteiger partial charge in [0.1, 0.15) is 39.8 Å². The third-order valence-corrected chi connectivity index (χ3v) is 19.9. The number of ether oxygens (including phenoxy) is 5. The van der Waals surface area contributed by atoms with Crippen molar-refractivity contribution in [1.29, 1.82) is 0 Å². The number of aromatic amines is 2. The molecule has 2 saturated carbocycles. The van der Waals surface area contributed by atoms with Crippen molar-refractivity contribution in [3.8, 4) is 29.0 Å². The number of methoxy groups -OCH3 is 2. The standard InChI is InChI=1S/C32H32F2N4O8S2.C20H19F2N9O.C10H18N2O2.C4H5N3O.47H2/c1-32(2,3)46-31(39)38(4)23-15-22(33)26(34)24-25-28(35-27(23)24)36-30(48(42,43)17-19-9-13-21(45-6)14-10-19)37-29(25)47(40,41)16-18-7-11-20(44-5)12-8-18;1-25-11-2-10(21)14(22)12-13-17(28-16(11)12)29-20(32-7-3-26-19(24)27-4-7)30-18(13)31-5-8-9(6-31)15(8)23;1-10(2,3)14-9(13)12-8-6-4-11-5-7(6)8;5-4-6-1-3(8)2-7-4;;;;;;;;;;;;;;;;;;;;;;;;;;;;;;;;;;;;;;;;;;;;;;;/h7-15H,16-17H2,1-6H3,(H,35,36,37);2-4,8-9,15,25H,5-6,23H2,1H3,(H2,24,26,27)(H,28,29,30);6-8,11H,4-5H2,1-3H3,(H,12,13);1-2,8H,(H2,5,6,7);47*1H/t;8-,9+,15?;6-,7+,8?;;;;;;;;;;;;;;;;;;;;;;;;;;;;;;;;;;;;;;;;;;;;;;;;/i;;;;47*1+1D. The number of nitrogen functional groups attached to an aromatic ring is 2. The Labute approximate surface area is 726 Å². The molecule has 8 heterocycles. The van der Waals surface area contributed by atoms with Crippen molar-refractivity contribution >= 4 is 105 Å². The zero-order valence-electron chi connectivity index (χ0n) is 151. The van der Waals surface area contributed by atoms with E-state index >= 15 is 13.2 Å². The lowest BCUT2D eigenvalue weighted by Gasteiger charge is -2.25. The number of carbonyl (C=O) groups excluding carboxylic acids is 2. The van der Waals surface area contributed by atoms with E-state index in [4.69, 9.17) is 186 Å². The third kappa shape index (κ3) is 15.9. The van der Waals surface area contributed by atoms with Crippen molar-refractivity contribution in [3.63, 3.8) is 0 Å². The molecule has 2 saturated heterocycles. The number of fused-ring (bicyclic) bond motifs is 8. The number of H-pyrrole nitrogens is 2. The van der Waals surface area contributed by atoms with Crippen molar-refractivity contribution in [2.24, 2.45) is 29.4 Å². The van der Waals surface area contributed by atoms with E-state index in [0.717, 1.165) is 30.1 Å². The van der Waals surface area contributed by atoms with Crippen LogP contribution in [-0.2, 0) is 40.7 Å². The highest BCUT2D eigenvalue weighted by molar-refractivity contribution is 7.91. The number of nitrogens with two attached hydrogens (primary N) is 3. The summed E-state index contributed by atoms with van der Waals surface area (Å²) in [5.41, 5.74) is 16.2. The van der Waals surface area contributed by atoms with Gasteiger partial charge in [0.2, 0.25) is 31.6 Å². The van der Waals surface area contributed by atoms with Gasteiger partial charge in [0.05, 0.1) is 94.5 Å². The first-order chi connectivity index (χ1) is 95.1. The lowest BCUT2D eigenvalue weighted by molar-refractivity contribution is 0.0516. The molecule has 10 aromatic rings. The van der Waals surface area contributed by atoms with Crippen LogP contribution in [0.5, 0.6) is 29.0 Å². The lowest BCUT2D eigenvalue weighted by Crippen LogP contribution is -2.37. The number of carbonyl (C=O) groups is 2. The molecule has 2 amide bonds. The molecule has 0 spiro atoms. The van der Waals surface area contributed by atoms with Gasteiger partial charge in [-0.15, -0.1) is 0 Å². The molecule has 2 unspecified atom stereocenters. The number of piperidine rings is 2. The van der Waals surface area contributed by atoms with Crippen LogP contribution in [0.4, 0.5) is 56.2 Å². The van der Waals surface area contributed by atoms with Crippen LogP contribution in [0.3, 0.4) is 0 Å². The summed E-state index contributed by atoms with van der Waals surface area (Å²) in [5, 5.41) is 15.3. The maximum absolute atomic E-state index is 15.7. The minimum absolute atomic E-state index is 0.0178. The van der Waals surface area contributed by atoms with Gasteiger partial charge in [-0.3, -0.25) is 4.90 Å². The fourth-order valence-electron chi connectivity index (χ4n) is 11.9. The summed E-state index contributed by atoms with van der Waals surface area (Å²) in [6.45, 7) is 13.9. The number of halogens is 4. The van der Waals surface area contributed by atoms with E-state index in [1.54, 1.807) is 40.0 Å². The Morgan fingerprint density at radius 1 is 0.686 bits per heavy atom. The number of nitrogens with one attached hydrogen (secondary N) is 5. The van der Waals surface area contributed by atoms with Crippen LogP contribution in [0, 0.1) is 46.9 Å². The Bertz CT molecular complexity index is 5210. The highest BCUT2D eigenvalue weighted by Gasteiger charge is 2.55. The van der Waals surface area contributed by atoms with Crippen LogP contribution < -0.4 is 57.2 Å². The van der Waals surface area contributed by atoms with Crippen LogP contribution in [0.25, 0.3) is 43.9 Å². The van der Waals surface area contributed by atoms with E-state index in [1.165, 1.54) is 82.5 Å². The molecule has 4 fully saturated rings. The number of hydrogen-bond acceptors (Lipinski definition) is 26. The third-order valence-electron chi connectivity index (χ3n) is 16.9. The summed E-state index contributed by atoms with van der Waals surface area (Å²) in [7, 11) is -3.22. The van der Waals surface area contributed by atoms with Crippen molar-refractivity contribution < 1.29 is 212 Å². The average molecular weight is 1640 g/mol. The molecular formula is C66H168F4N18O12S2. The normalized spacial score (nSPS) is 21.9. The minimum Gasteiger partial charge on any atom is -0.505 e. The molecular weight excluding hydrogens is 1380 g/mol. The first kappa shape index (κ1) is 33.8. The van der Waals surface area contributed by atoms with E-state index in [2.05, 4.69) is 65.8 Å². The van der Waals surface area contributed by atoms with E-state index in [9.17, 15) is 30.8 Å². The zero-order valence-corrected chi connectivity index (χ0v) is 58.4. The maximum atomic E-state index is 15.7. The van der Waals surface area contributed by atoms with Crippen LogP contribution >= 0.6 is 0 Å². The number of alkyl carbamates (subject to hydrolysis) is 1. The van der Waals surface area contributed by atoms with Crippen molar-refractivity contribution in [2.75, 3.05) is 81.1 Å². The van der Waals surface area contributed by atoms with Gasteiger partial charge in [0, 0.05) is 204 Å². The summed E-state index contributed by atoms with van der Waals surface area (Å²) in [4.78, 5) is 64.9. The maximum Gasteiger partial charge on any atom is 0.414 e. The number of aromatic hydroxyl groups is 1. The highest BCUT2D eigenvalue weighted by atomic mass is 32.2. The molecule has 634 valence electrons. The molecule has 4 aliphatic rings. The number of amides is 2. The van der Waals surface area contributed by atoms with Gasteiger partial charge >= 0.3 is 18.2 Å². The molecule has 2 aliphatic carbocycles. The fourth-order valence-corrected chi connectivity index (χ4v) is 14.7. The smallest absolute Gasteiger partial charge is 0.414 e. The molecule has 6 atom stereocenters. The number of nitrogens with zero attached hydrogens (tertiary/aromatic N) is 10. The number of aromatic nitrogens is 10. The molecule has 102 heavy (non-hydrogen) atoms. The Hall–Kier alpha value is -10.7. The highest BCUT2D eigenvalue weighted by Crippen LogP contribution is 2.48. The first-order valence-electron chi connectivity index (χ1n) is 78.7. The predicted molar refractivity (Wildman–Crippen MR) is 469 cm³/mol. The quantitative estimate of drug-likeness (QED) is 0.0277. The van der Waals surface area contributed by atoms with Crippen LogP contribution in [0.15, 0.2) is 95.6 Å². The Morgan fingerprint density at radius 2 is 1.20 bits per heavy atom. The van der Waals surface area contributed by atoms with E-state index in [0.29, 0.717) is 93.7 Å². The number of rotatable bonds is 14. The summed E-state index contributed by atoms with van der Waals surface area (Å²) < 4.78 is 612. The fraction of sp³-hybridized carbons (Fsp3) is 0.364. The predicted octanol–water partition coefficient (Wildman–Crippen LogP) is 19.8. The van der Waals surface area contributed by atoms with Gasteiger partial charge in [0.25, 0.3) is 5.16 Å². The molecule has 6 aromatic heterocycles. The number of sulfone groups is 2. The largest absolute Gasteiger partial charge is 0.505 e. The Morgan fingerprint density at radius 3 is 1.73 bits per heavy atom. The monoisotopic (exact) mass is 1640 g/mol. The second-order valence-electron chi connectivity index (χ2n) is 26.4. The van der Waals surface area contributed by atoms with Crippen molar-refractivity contribution in [3.05, 3.63) is 120 Å². The Balaban J connectivity index is -0.0000000429. The molecule has 0 bridgehead atoms. The van der Waals surface area contributed by atoms with Crippen LogP contribution in [0.2, 0.25) is 0 Å². The molecule has 14 rings (SSSR count). The van der Waals surface area contributed by atoms with Gasteiger partial charge in [-0.05, 0) is 101 Å². The second-order valence-corrected chi connectivity index (χ2v) is 30.2. The summed E-state index contributed by atoms with van der Waals surface area (Å²) in [6.07, 6.45) is 4.08. The lowest BCUT2D eigenvalue weighted by atomic mass is 10.1. The van der Waals surface area contributed by atoms with Gasteiger partial charge in [-0.2, -0.15) is 9.97 Å². The summed E-state index contributed by atoms with van der Waals surface area (Å²) >= 11 is 0. The molecule has 36 heteroatoms. The van der Waals surface area contributed by atoms with Crippen molar-refractivity contribution in [2.45, 2.75) is 86.5 Å². The van der Waals surface area contributed by atoms with Crippen molar-refractivity contribution in [1.82, 2.24) is 60.5 Å². The molecule has 12 N–H and O–H groups in total. The van der Waals surface area contributed by atoms with Gasteiger partial charge in [-0.25, -0.2) is 73.9 Å². The number of benzene rings is 4. The Kier molecular flexibility index (Phi) is 9.41. The number of hydrogen-bond donors (Lipinski definition) is 9. The number of anilines is 5. The summed E-state index contributed by atoms with van der Waals surface area (Å²) in [5.74, 6) is -2.10. The van der Waals surface area contributed by atoms with Gasteiger partial charge < -0.3 is 76.8 Å². The van der Waals surface area contributed by atoms with Gasteiger partial charge in [-0.1, -0.05) is 24.3 Å².